The van der Waals surface area contributed by atoms with Gasteiger partial charge in [-0.05, 0) is 26.8 Å². The van der Waals surface area contributed by atoms with Crippen LogP contribution in [0.15, 0.2) is 0 Å². The van der Waals surface area contributed by atoms with Crippen molar-refractivity contribution in [2.24, 2.45) is 0 Å². The number of hydrogen-bond donors (Lipinski definition) is 1. The van der Waals surface area contributed by atoms with Crippen LogP contribution in [0.1, 0.15) is 45.4 Å². The molecule has 0 bridgehead atoms. The topological polar surface area (TPSA) is 35.6 Å². The number of rotatable bonds is 3. The largest absolute Gasteiger partial charge is 0.339 e. The average Bonchev–Trinajstić information content (AvgIpc) is 2.75. The minimum atomic E-state index is 0.0289. The summed E-state index contributed by atoms with van der Waals surface area (Å²) in [6, 6.07) is 0.630. The smallest absolute Gasteiger partial charge is 0.239 e. The second kappa shape index (κ2) is 7.25. The lowest BCUT2D eigenvalue weighted by molar-refractivity contribution is -0.137. The van der Waals surface area contributed by atoms with Gasteiger partial charge in [0, 0.05) is 32.2 Å². The quantitative estimate of drug-likeness (QED) is 0.786. The minimum absolute atomic E-state index is 0.0289. The molecule has 1 amide bonds. The lowest BCUT2D eigenvalue weighted by Gasteiger charge is -2.36. The number of piperazine rings is 1. The molecule has 0 aromatic rings. The van der Waals surface area contributed by atoms with Crippen molar-refractivity contribution in [3.8, 4) is 0 Å². The zero-order valence-electron chi connectivity index (χ0n) is 12.5. The van der Waals surface area contributed by atoms with E-state index in [9.17, 15) is 4.79 Å². The number of nitrogens with zero attached hydrogens (tertiary/aromatic N) is 2. The second-order valence-electron chi connectivity index (χ2n) is 6.06. The highest BCUT2D eigenvalue weighted by molar-refractivity contribution is 5.81. The van der Waals surface area contributed by atoms with Crippen LogP contribution in [0.2, 0.25) is 0 Å². The summed E-state index contributed by atoms with van der Waals surface area (Å²) in [6.07, 6.45) is 7.90. The van der Waals surface area contributed by atoms with Crippen LogP contribution in [-0.2, 0) is 4.79 Å². The first-order valence-electron chi connectivity index (χ1n) is 7.91. The number of amides is 1. The Bertz CT molecular complexity index is 281. The summed E-state index contributed by atoms with van der Waals surface area (Å²) in [4.78, 5) is 16.9. The van der Waals surface area contributed by atoms with Gasteiger partial charge in [-0.15, -0.1) is 0 Å². The van der Waals surface area contributed by atoms with Gasteiger partial charge < -0.3 is 10.2 Å². The van der Waals surface area contributed by atoms with Crippen LogP contribution in [0, 0.1) is 0 Å². The van der Waals surface area contributed by atoms with Gasteiger partial charge in [-0.25, -0.2) is 0 Å². The first-order valence-corrected chi connectivity index (χ1v) is 7.91. The van der Waals surface area contributed by atoms with Crippen molar-refractivity contribution in [1.82, 2.24) is 15.1 Å². The Labute approximate surface area is 117 Å². The maximum absolute atomic E-state index is 12.5. The number of carbonyl (C=O) groups excluding carboxylic acids is 1. The second-order valence-corrected chi connectivity index (χ2v) is 6.06. The van der Waals surface area contributed by atoms with Crippen molar-refractivity contribution in [2.45, 2.75) is 57.5 Å². The van der Waals surface area contributed by atoms with Gasteiger partial charge in [0.2, 0.25) is 5.91 Å². The van der Waals surface area contributed by atoms with Crippen molar-refractivity contribution in [3.05, 3.63) is 0 Å². The highest BCUT2D eigenvalue weighted by atomic mass is 16.2. The Hall–Kier alpha value is -0.610. The van der Waals surface area contributed by atoms with Crippen LogP contribution < -0.4 is 5.32 Å². The van der Waals surface area contributed by atoms with Crippen LogP contribution >= 0.6 is 0 Å². The van der Waals surface area contributed by atoms with E-state index in [1.807, 2.05) is 4.90 Å². The molecule has 0 aromatic carbocycles. The Kier molecular flexibility index (Phi) is 5.64. The van der Waals surface area contributed by atoms with Crippen molar-refractivity contribution in [1.29, 1.82) is 0 Å². The molecule has 0 radical (unpaired) electrons. The van der Waals surface area contributed by atoms with Crippen molar-refractivity contribution in [2.75, 3.05) is 33.2 Å². The molecular formula is C15H29N3O. The van der Waals surface area contributed by atoms with Crippen molar-refractivity contribution >= 4 is 5.91 Å². The maximum Gasteiger partial charge on any atom is 0.239 e. The summed E-state index contributed by atoms with van der Waals surface area (Å²) in [5, 5.41) is 3.30. The summed E-state index contributed by atoms with van der Waals surface area (Å²) in [5.41, 5.74) is 0. The predicted octanol–water partition coefficient (Wildman–Crippen LogP) is 1.46. The van der Waals surface area contributed by atoms with Crippen molar-refractivity contribution in [3.63, 3.8) is 0 Å². The molecule has 2 rings (SSSR count). The summed E-state index contributed by atoms with van der Waals surface area (Å²) in [5.74, 6) is 0.313. The van der Waals surface area contributed by atoms with E-state index in [4.69, 9.17) is 0 Å². The van der Waals surface area contributed by atoms with Crippen LogP contribution in [0.5, 0.6) is 0 Å². The Morgan fingerprint density at radius 3 is 2.32 bits per heavy atom. The first-order chi connectivity index (χ1) is 9.20. The van der Waals surface area contributed by atoms with Gasteiger partial charge >= 0.3 is 0 Å². The summed E-state index contributed by atoms with van der Waals surface area (Å²) in [7, 11) is 2.14. The molecule has 1 heterocycles. The van der Waals surface area contributed by atoms with E-state index in [-0.39, 0.29) is 6.04 Å². The van der Waals surface area contributed by atoms with E-state index in [1.54, 1.807) is 0 Å². The van der Waals surface area contributed by atoms with Crippen molar-refractivity contribution < 1.29 is 4.79 Å². The Morgan fingerprint density at radius 1 is 1.16 bits per heavy atom. The van der Waals surface area contributed by atoms with E-state index < -0.39 is 0 Å². The molecule has 1 atom stereocenters. The number of carbonyl (C=O) groups is 1. The molecule has 0 aromatic heterocycles. The molecule has 4 nitrogen and oxygen atoms in total. The van der Waals surface area contributed by atoms with Gasteiger partial charge in [-0.2, -0.15) is 0 Å². The molecule has 2 fully saturated rings. The molecule has 19 heavy (non-hydrogen) atoms. The third kappa shape index (κ3) is 3.93. The average molecular weight is 267 g/mol. The molecule has 1 N–H and O–H groups in total. The molecule has 2 aliphatic rings. The van der Waals surface area contributed by atoms with Crippen LogP contribution in [-0.4, -0.2) is 61.0 Å². The van der Waals surface area contributed by atoms with E-state index in [1.165, 1.54) is 38.5 Å². The van der Waals surface area contributed by atoms with Gasteiger partial charge in [0.15, 0.2) is 0 Å². The third-order valence-corrected chi connectivity index (χ3v) is 4.80. The molecule has 110 valence electrons. The van der Waals surface area contributed by atoms with E-state index in [0.29, 0.717) is 11.9 Å². The summed E-state index contributed by atoms with van der Waals surface area (Å²) < 4.78 is 0. The maximum atomic E-state index is 12.5. The summed E-state index contributed by atoms with van der Waals surface area (Å²) in [6.45, 7) is 5.68. The lowest BCUT2D eigenvalue weighted by Crippen LogP contribution is -2.54. The first kappa shape index (κ1) is 14.8. The highest BCUT2D eigenvalue weighted by Gasteiger charge is 2.29. The number of nitrogens with one attached hydrogen (secondary N) is 1. The van der Waals surface area contributed by atoms with E-state index in [0.717, 1.165) is 26.2 Å². The van der Waals surface area contributed by atoms with Crippen LogP contribution in [0.3, 0.4) is 0 Å². The van der Waals surface area contributed by atoms with E-state index in [2.05, 4.69) is 24.2 Å². The molecular weight excluding hydrogens is 238 g/mol. The Balaban J connectivity index is 1.89. The molecule has 1 saturated heterocycles. The Morgan fingerprint density at radius 2 is 1.74 bits per heavy atom. The molecule has 1 aliphatic heterocycles. The molecule has 0 spiro atoms. The normalized spacial score (nSPS) is 24.3. The predicted molar refractivity (Wildman–Crippen MR) is 78.2 cm³/mol. The molecule has 1 aliphatic carbocycles. The van der Waals surface area contributed by atoms with Gasteiger partial charge in [0.05, 0.1) is 6.04 Å². The SMILES string of the molecule is CC(C(=O)N1CCNCC1)N(C)C1CCCCCC1. The van der Waals surface area contributed by atoms with Crippen LogP contribution in [0.25, 0.3) is 0 Å². The molecule has 1 saturated carbocycles. The minimum Gasteiger partial charge on any atom is -0.339 e. The van der Waals surface area contributed by atoms with Gasteiger partial charge in [0.25, 0.3) is 0 Å². The fourth-order valence-electron chi connectivity index (χ4n) is 3.30. The number of hydrogen-bond acceptors (Lipinski definition) is 3. The zero-order valence-corrected chi connectivity index (χ0v) is 12.5. The van der Waals surface area contributed by atoms with Gasteiger partial charge in [-0.1, -0.05) is 25.7 Å². The fourth-order valence-corrected chi connectivity index (χ4v) is 3.30. The van der Waals surface area contributed by atoms with Gasteiger partial charge in [0.1, 0.15) is 0 Å². The molecule has 4 heteroatoms. The summed E-state index contributed by atoms with van der Waals surface area (Å²) >= 11 is 0. The van der Waals surface area contributed by atoms with Gasteiger partial charge in [-0.3, -0.25) is 9.69 Å². The van der Waals surface area contributed by atoms with Crippen LogP contribution in [0.4, 0.5) is 0 Å². The standard InChI is InChI=1S/C15H29N3O/c1-13(15(19)18-11-9-16-10-12-18)17(2)14-7-5-3-4-6-8-14/h13-14,16H,3-12H2,1-2H3. The zero-order chi connectivity index (χ0) is 13.7. The lowest BCUT2D eigenvalue weighted by atomic mass is 10.1. The fraction of sp³-hybridized carbons (Fsp3) is 0.933. The number of likely N-dealkylation sites (N-methyl/N-ethyl adjacent to an activating group) is 1. The third-order valence-electron chi connectivity index (χ3n) is 4.80. The monoisotopic (exact) mass is 267 g/mol. The molecule has 1 unspecified atom stereocenters. The van der Waals surface area contributed by atoms with E-state index >= 15 is 0 Å². The highest BCUT2D eigenvalue weighted by Crippen LogP contribution is 2.22.